The van der Waals surface area contributed by atoms with E-state index in [0.717, 1.165) is 6.07 Å². The summed E-state index contributed by atoms with van der Waals surface area (Å²) in [4.78, 5) is 23.6. The third kappa shape index (κ3) is 5.10. The Morgan fingerprint density at radius 3 is 2.52 bits per heavy atom. The maximum atomic E-state index is 13.0. The molecule has 120 valence electrons. The van der Waals surface area contributed by atoms with Crippen LogP contribution < -0.4 is 15.4 Å². The molecule has 23 heavy (non-hydrogen) atoms. The maximum Gasteiger partial charge on any atom is 0.251 e. The highest BCUT2D eigenvalue weighted by Crippen LogP contribution is 2.15. The number of rotatable bonds is 6. The van der Waals surface area contributed by atoms with Gasteiger partial charge in [-0.1, -0.05) is 6.07 Å². The minimum atomic E-state index is -0.508. The van der Waals surface area contributed by atoms with Gasteiger partial charge in [0.1, 0.15) is 11.6 Å². The van der Waals surface area contributed by atoms with Gasteiger partial charge in [-0.3, -0.25) is 9.59 Å². The molecule has 0 aliphatic carbocycles. The number of carbonyl (C=O) groups excluding carboxylic acids is 2. The molecule has 2 aromatic carbocycles. The number of ether oxygens (including phenoxy) is 1. The molecule has 2 rings (SSSR count). The Bertz CT molecular complexity index is 686. The van der Waals surface area contributed by atoms with Crippen molar-refractivity contribution in [2.45, 2.75) is 6.92 Å². The number of anilines is 1. The van der Waals surface area contributed by atoms with Crippen LogP contribution in [0.3, 0.4) is 0 Å². The van der Waals surface area contributed by atoms with Crippen molar-refractivity contribution in [1.82, 2.24) is 5.32 Å². The van der Waals surface area contributed by atoms with Gasteiger partial charge < -0.3 is 15.4 Å². The fraction of sp³-hybridized carbons (Fsp3) is 0.176. The molecule has 2 aromatic rings. The molecule has 0 atom stereocenters. The van der Waals surface area contributed by atoms with E-state index in [9.17, 15) is 14.0 Å². The van der Waals surface area contributed by atoms with E-state index in [0.29, 0.717) is 18.0 Å². The molecule has 0 fully saturated rings. The largest absolute Gasteiger partial charge is 0.494 e. The molecule has 0 aliphatic heterocycles. The summed E-state index contributed by atoms with van der Waals surface area (Å²) >= 11 is 0. The zero-order valence-corrected chi connectivity index (χ0v) is 12.6. The fourth-order valence-electron chi connectivity index (χ4n) is 1.90. The summed E-state index contributed by atoms with van der Waals surface area (Å²) in [5.74, 6) is -0.674. The molecule has 0 spiro atoms. The smallest absolute Gasteiger partial charge is 0.251 e. The van der Waals surface area contributed by atoms with Crippen LogP contribution >= 0.6 is 0 Å². The predicted octanol–water partition coefficient (Wildman–Crippen LogP) is 2.59. The lowest BCUT2D eigenvalue weighted by Crippen LogP contribution is -2.32. The molecule has 2 N–H and O–H groups in total. The van der Waals surface area contributed by atoms with Crippen LogP contribution in [0.2, 0.25) is 0 Å². The van der Waals surface area contributed by atoms with Gasteiger partial charge in [-0.2, -0.15) is 0 Å². The second-order valence-corrected chi connectivity index (χ2v) is 4.70. The second kappa shape index (κ2) is 7.93. The summed E-state index contributed by atoms with van der Waals surface area (Å²) in [6.45, 7) is 2.25. The van der Waals surface area contributed by atoms with E-state index < -0.39 is 11.7 Å². The van der Waals surface area contributed by atoms with Gasteiger partial charge in [0.05, 0.1) is 13.2 Å². The van der Waals surface area contributed by atoms with Crippen LogP contribution in [0, 0.1) is 5.82 Å². The normalized spacial score (nSPS) is 10.0. The molecular formula is C17H17FN2O3. The molecule has 0 unspecified atom stereocenters. The van der Waals surface area contributed by atoms with Gasteiger partial charge in [0.15, 0.2) is 0 Å². The predicted molar refractivity (Wildman–Crippen MR) is 85.0 cm³/mol. The average Bonchev–Trinajstić information content (AvgIpc) is 2.55. The summed E-state index contributed by atoms with van der Waals surface area (Å²) in [5.41, 5.74) is 0.761. The van der Waals surface area contributed by atoms with Gasteiger partial charge in [0, 0.05) is 11.3 Å². The summed E-state index contributed by atoms with van der Waals surface area (Å²) in [6, 6.07) is 12.2. The molecule has 0 radical (unpaired) electrons. The minimum Gasteiger partial charge on any atom is -0.494 e. The zero-order valence-electron chi connectivity index (χ0n) is 12.6. The van der Waals surface area contributed by atoms with Crippen LogP contribution in [0.25, 0.3) is 0 Å². The van der Waals surface area contributed by atoms with E-state index in [-0.39, 0.29) is 18.0 Å². The lowest BCUT2D eigenvalue weighted by atomic mass is 10.2. The van der Waals surface area contributed by atoms with Gasteiger partial charge in [0.2, 0.25) is 5.91 Å². The van der Waals surface area contributed by atoms with Crippen LogP contribution in [0.15, 0.2) is 48.5 Å². The molecule has 0 aliphatic rings. The van der Waals surface area contributed by atoms with Crippen molar-refractivity contribution in [3.8, 4) is 5.75 Å². The molecule has 0 saturated heterocycles. The zero-order chi connectivity index (χ0) is 16.7. The van der Waals surface area contributed by atoms with Crippen LogP contribution in [0.5, 0.6) is 5.75 Å². The topological polar surface area (TPSA) is 67.4 Å². The molecule has 0 bridgehead atoms. The minimum absolute atomic E-state index is 0.166. The third-order valence-corrected chi connectivity index (χ3v) is 2.95. The van der Waals surface area contributed by atoms with Gasteiger partial charge in [-0.15, -0.1) is 0 Å². The second-order valence-electron chi connectivity index (χ2n) is 4.70. The van der Waals surface area contributed by atoms with Crippen LogP contribution in [0.4, 0.5) is 10.1 Å². The van der Waals surface area contributed by atoms with Crippen molar-refractivity contribution in [2.24, 2.45) is 0 Å². The SMILES string of the molecule is CCOc1ccc(NC(=O)CNC(=O)c2cccc(F)c2)cc1. The van der Waals surface area contributed by atoms with Gasteiger partial charge in [0.25, 0.3) is 5.91 Å². The first-order valence-electron chi connectivity index (χ1n) is 7.15. The summed E-state index contributed by atoms with van der Waals surface area (Å²) in [6.07, 6.45) is 0. The Morgan fingerprint density at radius 2 is 1.87 bits per heavy atom. The molecule has 5 nitrogen and oxygen atoms in total. The van der Waals surface area contributed by atoms with Crippen molar-refractivity contribution >= 4 is 17.5 Å². The van der Waals surface area contributed by atoms with E-state index in [1.54, 1.807) is 24.3 Å². The monoisotopic (exact) mass is 316 g/mol. The highest BCUT2D eigenvalue weighted by Gasteiger charge is 2.09. The molecule has 6 heteroatoms. The van der Waals surface area contributed by atoms with E-state index in [2.05, 4.69) is 10.6 Å². The van der Waals surface area contributed by atoms with Gasteiger partial charge in [-0.05, 0) is 49.4 Å². The standard InChI is InChI=1S/C17H17FN2O3/c1-2-23-15-8-6-14(7-9-15)20-16(21)11-19-17(22)12-4-3-5-13(18)10-12/h3-10H,2,11H2,1H3,(H,19,22)(H,20,21). The first-order chi connectivity index (χ1) is 11.1. The van der Waals surface area contributed by atoms with E-state index in [1.165, 1.54) is 18.2 Å². The van der Waals surface area contributed by atoms with Crippen LogP contribution in [0.1, 0.15) is 17.3 Å². The molecule has 2 amide bonds. The summed E-state index contributed by atoms with van der Waals surface area (Å²) in [5, 5.41) is 5.08. The molecular weight excluding hydrogens is 299 g/mol. The maximum absolute atomic E-state index is 13.0. The average molecular weight is 316 g/mol. The van der Waals surface area contributed by atoms with E-state index in [1.807, 2.05) is 6.92 Å². The number of hydrogen-bond acceptors (Lipinski definition) is 3. The fourth-order valence-corrected chi connectivity index (χ4v) is 1.90. The van der Waals surface area contributed by atoms with Gasteiger partial charge >= 0.3 is 0 Å². The number of nitrogens with one attached hydrogen (secondary N) is 2. The lowest BCUT2D eigenvalue weighted by molar-refractivity contribution is -0.115. The Kier molecular flexibility index (Phi) is 5.68. The number of benzene rings is 2. The molecule has 0 saturated carbocycles. The first-order valence-corrected chi connectivity index (χ1v) is 7.15. The third-order valence-electron chi connectivity index (χ3n) is 2.95. The summed E-state index contributed by atoms with van der Waals surface area (Å²) in [7, 11) is 0. The highest BCUT2D eigenvalue weighted by molar-refractivity contribution is 5.99. The molecule has 0 aromatic heterocycles. The van der Waals surface area contributed by atoms with Crippen molar-refractivity contribution < 1.29 is 18.7 Å². The van der Waals surface area contributed by atoms with E-state index >= 15 is 0 Å². The molecule has 0 heterocycles. The van der Waals surface area contributed by atoms with Gasteiger partial charge in [-0.25, -0.2) is 4.39 Å². The Hall–Kier alpha value is -2.89. The number of amides is 2. The van der Waals surface area contributed by atoms with Crippen molar-refractivity contribution in [3.63, 3.8) is 0 Å². The van der Waals surface area contributed by atoms with Crippen LogP contribution in [-0.4, -0.2) is 25.0 Å². The van der Waals surface area contributed by atoms with Crippen molar-refractivity contribution in [1.29, 1.82) is 0 Å². The lowest BCUT2D eigenvalue weighted by Gasteiger charge is -2.08. The first kappa shape index (κ1) is 16.5. The Balaban J connectivity index is 1.84. The number of carbonyl (C=O) groups is 2. The highest BCUT2D eigenvalue weighted by atomic mass is 19.1. The van der Waals surface area contributed by atoms with Crippen LogP contribution in [-0.2, 0) is 4.79 Å². The number of hydrogen-bond donors (Lipinski definition) is 2. The summed E-state index contributed by atoms with van der Waals surface area (Å²) < 4.78 is 18.3. The number of halogens is 1. The van der Waals surface area contributed by atoms with Crippen molar-refractivity contribution in [3.05, 3.63) is 59.9 Å². The Labute approximate surface area is 133 Å². The van der Waals surface area contributed by atoms with Crippen molar-refractivity contribution in [2.75, 3.05) is 18.5 Å². The van der Waals surface area contributed by atoms with E-state index in [4.69, 9.17) is 4.74 Å². The quantitative estimate of drug-likeness (QED) is 0.861. The Morgan fingerprint density at radius 1 is 1.13 bits per heavy atom.